The third-order valence-corrected chi connectivity index (χ3v) is 2.84. The highest BCUT2D eigenvalue weighted by Gasteiger charge is 2.20. The third-order valence-electron chi connectivity index (χ3n) is 2.84. The molecule has 0 spiro atoms. The zero-order valence-corrected chi connectivity index (χ0v) is 13.6. The Morgan fingerprint density at radius 2 is 1.70 bits per heavy atom. The lowest BCUT2D eigenvalue weighted by molar-refractivity contribution is -0.128. The zero-order chi connectivity index (χ0) is 17.4. The van der Waals surface area contributed by atoms with E-state index in [0.29, 0.717) is 12.2 Å². The van der Waals surface area contributed by atoms with Crippen LogP contribution in [0.25, 0.3) is 0 Å². The molecule has 7 heteroatoms. The van der Waals surface area contributed by atoms with Crippen LogP contribution >= 0.6 is 0 Å². The van der Waals surface area contributed by atoms with E-state index in [1.165, 1.54) is 6.92 Å². The largest absolute Gasteiger partial charge is 0.453 e. The second kappa shape index (κ2) is 8.89. The molecule has 0 saturated carbocycles. The van der Waals surface area contributed by atoms with Gasteiger partial charge in [-0.1, -0.05) is 12.1 Å². The second-order valence-corrected chi connectivity index (χ2v) is 5.09. The van der Waals surface area contributed by atoms with Crippen molar-refractivity contribution in [2.24, 2.45) is 0 Å². The molecule has 2 amide bonds. The summed E-state index contributed by atoms with van der Waals surface area (Å²) in [6.45, 7) is 5.69. The average Bonchev–Trinajstić information content (AvgIpc) is 2.52. The van der Waals surface area contributed by atoms with Crippen LogP contribution in [-0.2, 0) is 25.6 Å². The molecule has 0 aromatic heterocycles. The molecule has 0 radical (unpaired) electrons. The van der Waals surface area contributed by atoms with Crippen LogP contribution < -0.4 is 5.32 Å². The highest BCUT2D eigenvalue weighted by molar-refractivity contribution is 5.96. The maximum absolute atomic E-state index is 11.9. The van der Waals surface area contributed by atoms with E-state index in [-0.39, 0.29) is 6.10 Å². The molecule has 0 fully saturated rings. The van der Waals surface area contributed by atoms with E-state index >= 15 is 0 Å². The van der Waals surface area contributed by atoms with Gasteiger partial charge in [-0.05, 0) is 38.5 Å². The van der Waals surface area contributed by atoms with Crippen LogP contribution in [0.2, 0.25) is 0 Å². The Labute approximate surface area is 134 Å². The Morgan fingerprint density at radius 1 is 1.09 bits per heavy atom. The summed E-state index contributed by atoms with van der Waals surface area (Å²) >= 11 is 0. The van der Waals surface area contributed by atoms with Gasteiger partial charge < -0.3 is 14.2 Å². The minimum Gasteiger partial charge on any atom is -0.453 e. The predicted molar refractivity (Wildman–Crippen MR) is 81.8 cm³/mol. The van der Waals surface area contributed by atoms with Gasteiger partial charge in [-0.2, -0.15) is 0 Å². The fraction of sp³-hybridized carbons (Fsp3) is 0.438. The number of hydrogen-bond acceptors (Lipinski definition) is 6. The van der Waals surface area contributed by atoms with E-state index < -0.39 is 24.1 Å². The topological polar surface area (TPSA) is 90.9 Å². The first-order valence-electron chi connectivity index (χ1n) is 7.13. The molecule has 0 saturated heterocycles. The lowest BCUT2D eigenvalue weighted by Crippen LogP contribution is -2.39. The molecule has 126 valence electrons. The van der Waals surface area contributed by atoms with Crippen molar-refractivity contribution in [3.05, 3.63) is 35.4 Å². The number of imide groups is 1. The van der Waals surface area contributed by atoms with Crippen LogP contribution in [0.5, 0.6) is 0 Å². The maximum atomic E-state index is 11.9. The number of alkyl carbamates (subject to hydrolysis) is 1. The van der Waals surface area contributed by atoms with Gasteiger partial charge in [-0.3, -0.25) is 10.1 Å². The number of carbonyl (C=O) groups excluding carboxylic acids is 3. The highest BCUT2D eigenvalue weighted by atomic mass is 16.6. The number of benzene rings is 1. The summed E-state index contributed by atoms with van der Waals surface area (Å²) in [6, 6.07) is 6.68. The van der Waals surface area contributed by atoms with E-state index in [4.69, 9.17) is 9.47 Å². The third kappa shape index (κ3) is 6.48. The smallest absolute Gasteiger partial charge is 0.413 e. The predicted octanol–water partition coefficient (Wildman–Crippen LogP) is 2.04. The van der Waals surface area contributed by atoms with Crippen LogP contribution in [0.1, 0.15) is 36.7 Å². The van der Waals surface area contributed by atoms with E-state index in [9.17, 15) is 14.4 Å². The molecule has 1 atom stereocenters. The summed E-state index contributed by atoms with van der Waals surface area (Å²) in [5.74, 6) is -1.42. The van der Waals surface area contributed by atoms with Crippen LogP contribution in [0.3, 0.4) is 0 Å². The number of carbonyl (C=O) groups is 3. The van der Waals surface area contributed by atoms with E-state index in [2.05, 4.69) is 4.74 Å². The van der Waals surface area contributed by atoms with E-state index in [1.807, 2.05) is 19.2 Å². The van der Waals surface area contributed by atoms with Gasteiger partial charge in [0, 0.05) is 0 Å². The molecule has 1 aromatic carbocycles. The summed E-state index contributed by atoms with van der Waals surface area (Å²) in [6.07, 6.45) is -1.91. The Balaban J connectivity index is 2.57. The molecule has 0 unspecified atom stereocenters. The number of ether oxygens (including phenoxy) is 3. The number of nitrogens with one attached hydrogen (secondary N) is 1. The molecule has 1 rings (SSSR count). The summed E-state index contributed by atoms with van der Waals surface area (Å²) in [7, 11) is 1.13. The van der Waals surface area contributed by atoms with Crippen molar-refractivity contribution >= 4 is 18.0 Å². The van der Waals surface area contributed by atoms with Crippen molar-refractivity contribution in [3.8, 4) is 0 Å². The minimum atomic E-state index is -1.12. The fourth-order valence-electron chi connectivity index (χ4n) is 1.54. The standard InChI is InChI=1S/C16H21NO6/c1-10(2)22-9-12-5-7-13(8-6-12)15(19)23-11(3)14(18)17-16(20)21-4/h5-8,10-11H,9H2,1-4H3,(H,17,18,20)/t11-/m1/s1. The van der Waals surface area contributed by atoms with Crippen molar-refractivity contribution in [1.29, 1.82) is 0 Å². The Bertz CT molecular complexity index is 552. The van der Waals surface area contributed by atoms with Gasteiger partial charge in [0.15, 0.2) is 6.10 Å². The average molecular weight is 323 g/mol. The summed E-state index contributed by atoms with van der Waals surface area (Å²) in [5, 5.41) is 1.93. The normalized spacial score (nSPS) is 11.7. The van der Waals surface area contributed by atoms with Gasteiger partial charge >= 0.3 is 12.1 Å². The quantitative estimate of drug-likeness (QED) is 0.806. The molecule has 1 aromatic rings. The minimum absolute atomic E-state index is 0.119. The zero-order valence-electron chi connectivity index (χ0n) is 13.6. The van der Waals surface area contributed by atoms with Crippen molar-refractivity contribution in [2.75, 3.05) is 7.11 Å². The molecule has 0 aliphatic rings. The van der Waals surface area contributed by atoms with Crippen LogP contribution in [0.4, 0.5) is 4.79 Å². The molecule has 0 heterocycles. The first kappa shape index (κ1) is 18.6. The summed E-state index contributed by atoms with van der Waals surface area (Å²) in [4.78, 5) is 34.4. The van der Waals surface area contributed by atoms with Crippen molar-refractivity contribution in [1.82, 2.24) is 5.32 Å². The van der Waals surface area contributed by atoms with Gasteiger partial charge in [-0.15, -0.1) is 0 Å². The maximum Gasteiger partial charge on any atom is 0.413 e. The van der Waals surface area contributed by atoms with Gasteiger partial charge in [0.2, 0.25) is 0 Å². The number of rotatable bonds is 6. The number of hydrogen-bond donors (Lipinski definition) is 1. The van der Waals surface area contributed by atoms with E-state index in [1.54, 1.807) is 24.3 Å². The molecule has 7 nitrogen and oxygen atoms in total. The molecular weight excluding hydrogens is 302 g/mol. The molecule has 0 bridgehead atoms. The first-order chi connectivity index (χ1) is 10.8. The van der Waals surface area contributed by atoms with Gasteiger partial charge in [0.05, 0.1) is 25.4 Å². The Kier molecular flexibility index (Phi) is 7.21. The summed E-state index contributed by atoms with van der Waals surface area (Å²) in [5.41, 5.74) is 1.22. The van der Waals surface area contributed by atoms with Crippen molar-refractivity contribution < 1.29 is 28.6 Å². The SMILES string of the molecule is COC(=O)NC(=O)[C@@H](C)OC(=O)c1ccc(COC(C)C)cc1. The number of amides is 2. The van der Waals surface area contributed by atoms with Crippen LogP contribution in [-0.4, -0.2) is 37.3 Å². The lowest BCUT2D eigenvalue weighted by atomic mass is 10.1. The Hall–Kier alpha value is -2.41. The van der Waals surface area contributed by atoms with Crippen LogP contribution in [0.15, 0.2) is 24.3 Å². The molecule has 23 heavy (non-hydrogen) atoms. The lowest BCUT2D eigenvalue weighted by Gasteiger charge is -2.12. The number of esters is 1. The second-order valence-electron chi connectivity index (χ2n) is 5.09. The van der Waals surface area contributed by atoms with Gasteiger partial charge in [-0.25, -0.2) is 9.59 Å². The molecule has 1 N–H and O–H groups in total. The molecule has 0 aliphatic carbocycles. The molecular formula is C16H21NO6. The molecule has 0 aliphatic heterocycles. The monoisotopic (exact) mass is 323 g/mol. The van der Waals surface area contributed by atoms with Crippen LogP contribution in [0, 0.1) is 0 Å². The summed E-state index contributed by atoms with van der Waals surface area (Å²) < 4.78 is 14.7. The highest BCUT2D eigenvalue weighted by Crippen LogP contribution is 2.09. The van der Waals surface area contributed by atoms with Crippen molar-refractivity contribution in [2.45, 2.75) is 39.6 Å². The van der Waals surface area contributed by atoms with E-state index in [0.717, 1.165) is 12.7 Å². The Morgan fingerprint density at radius 3 is 2.22 bits per heavy atom. The first-order valence-corrected chi connectivity index (χ1v) is 7.13. The van der Waals surface area contributed by atoms with Crippen molar-refractivity contribution in [3.63, 3.8) is 0 Å². The van der Waals surface area contributed by atoms with Gasteiger partial charge in [0.25, 0.3) is 5.91 Å². The fourth-order valence-corrected chi connectivity index (χ4v) is 1.54. The number of methoxy groups -OCH3 is 1. The van der Waals surface area contributed by atoms with Gasteiger partial charge in [0.1, 0.15) is 0 Å².